The van der Waals surface area contributed by atoms with Crippen LogP contribution in [-0.4, -0.2) is 38.5 Å². The van der Waals surface area contributed by atoms with Crippen molar-refractivity contribution in [1.29, 1.82) is 0 Å². The van der Waals surface area contributed by atoms with Gasteiger partial charge in [0.25, 0.3) is 0 Å². The van der Waals surface area contributed by atoms with Gasteiger partial charge in [0.1, 0.15) is 0 Å². The molecule has 0 aromatic heterocycles. The maximum Gasteiger partial charge on any atom is 0.227 e. The second-order valence-electron chi connectivity index (χ2n) is 4.84. The number of nitrogens with one attached hydrogen (secondary N) is 3. The molecule has 17 heavy (non-hydrogen) atoms. The fourth-order valence-corrected chi connectivity index (χ4v) is 1.25. The van der Waals surface area contributed by atoms with E-state index in [1.54, 1.807) is 14.1 Å². The average molecular weight is 242 g/mol. The van der Waals surface area contributed by atoms with Crippen LogP contribution in [0.25, 0.3) is 0 Å². The van der Waals surface area contributed by atoms with E-state index in [0.717, 1.165) is 12.4 Å². The van der Waals surface area contributed by atoms with Gasteiger partial charge < -0.3 is 16.0 Å². The molecule has 0 aromatic rings. The summed E-state index contributed by atoms with van der Waals surface area (Å²) in [7, 11) is 3.38. The second-order valence-corrected chi connectivity index (χ2v) is 4.84. The first-order chi connectivity index (χ1) is 7.87. The number of hydrogen-bond donors (Lipinski definition) is 3. The quantitative estimate of drug-likeness (QED) is 0.492. The Labute approximate surface area is 104 Å². The Morgan fingerprint density at radius 1 is 1.41 bits per heavy atom. The Morgan fingerprint density at radius 2 is 2.00 bits per heavy atom. The van der Waals surface area contributed by atoms with Gasteiger partial charge in [0.2, 0.25) is 5.91 Å². The Kier molecular flexibility index (Phi) is 6.61. The number of amides is 1. The van der Waals surface area contributed by atoms with Crippen LogP contribution in [0, 0.1) is 5.41 Å². The summed E-state index contributed by atoms with van der Waals surface area (Å²) in [4.78, 5) is 15.7. The maximum absolute atomic E-state index is 11.6. The first kappa shape index (κ1) is 15.7. The Balaban J connectivity index is 4.29. The van der Waals surface area contributed by atoms with Crippen molar-refractivity contribution in [2.24, 2.45) is 10.4 Å². The van der Waals surface area contributed by atoms with Crippen LogP contribution in [0.3, 0.4) is 0 Å². The molecule has 0 radical (unpaired) electrons. The minimum atomic E-state index is -0.457. The first-order valence-electron chi connectivity index (χ1n) is 6.06. The van der Waals surface area contributed by atoms with Gasteiger partial charge in [0.05, 0.1) is 5.41 Å². The van der Waals surface area contributed by atoms with E-state index < -0.39 is 5.41 Å². The van der Waals surface area contributed by atoms with Crippen molar-refractivity contribution >= 4 is 11.9 Å². The van der Waals surface area contributed by atoms with Gasteiger partial charge in [-0.25, -0.2) is 0 Å². The first-order valence-corrected chi connectivity index (χ1v) is 6.06. The lowest BCUT2D eigenvalue weighted by atomic mass is 9.92. The van der Waals surface area contributed by atoms with E-state index in [1.165, 1.54) is 0 Å². The number of hydrogen-bond acceptors (Lipinski definition) is 2. The fraction of sp³-hybridized carbons (Fsp3) is 0.833. The molecule has 1 atom stereocenters. The van der Waals surface area contributed by atoms with Gasteiger partial charge in [-0.1, -0.05) is 6.92 Å². The highest BCUT2D eigenvalue weighted by molar-refractivity contribution is 5.84. The van der Waals surface area contributed by atoms with Crippen LogP contribution in [0.5, 0.6) is 0 Å². The lowest BCUT2D eigenvalue weighted by Gasteiger charge is -2.25. The zero-order chi connectivity index (χ0) is 13.5. The van der Waals surface area contributed by atoms with Crippen molar-refractivity contribution in [3.63, 3.8) is 0 Å². The van der Waals surface area contributed by atoms with E-state index in [1.807, 2.05) is 13.8 Å². The monoisotopic (exact) mass is 242 g/mol. The van der Waals surface area contributed by atoms with Crippen molar-refractivity contribution < 1.29 is 4.79 Å². The van der Waals surface area contributed by atoms with Crippen molar-refractivity contribution in [1.82, 2.24) is 16.0 Å². The molecular formula is C12H26N4O. The normalized spacial score (nSPS) is 14.1. The molecule has 0 bridgehead atoms. The molecule has 0 heterocycles. The summed E-state index contributed by atoms with van der Waals surface area (Å²) < 4.78 is 0. The fourth-order valence-electron chi connectivity index (χ4n) is 1.25. The molecular weight excluding hydrogens is 216 g/mol. The Bertz CT molecular complexity index is 274. The van der Waals surface area contributed by atoms with Crippen LogP contribution >= 0.6 is 0 Å². The van der Waals surface area contributed by atoms with E-state index in [9.17, 15) is 4.79 Å². The molecule has 5 nitrogen and oxygen atoms in total. The summed E-state index contributed by atoms with van der Waals surface area (Å²) in [6.45, 7) is 8.55. The summed E-state index contributed by atoms with van der Waals surface area (Å²) in [5, 5.41) is 9.08. The second kappa shape index (κ2) is 7.14. The number of guanidine groups is 1. The summed E-state index contributed by atoms with van der Waals surface area (Å²) in [6, 6.07) is 0.365. The van der Waals surface area contributed by atoms with Crippen LogP contribution in [0.4, 0.5) is 0 Å². The largest absolute Gasteiger partial charge is 0.359 e. The number of carbonyl (C=O) groups is 1. The van der Waals surface area contributed by atoms with Gasteiger partial charge in [0, 0.05) is 26.7 Å². The number of nitrogens with zero attached hydrogens (tertiary/aromatic N) is 1. The van der Waals surface area contributed by atoms with Crippen LogP contribution in [0.15, 0.2) is 4.99 Å². The predicted octanol–water partition coefficient (Wildman–Crippen LogP) is 0.722. The minimum Gasteiger partial charge on any atom is -0.359 e. The molecule has 1 amide bonds. The molecule has 0 aliphatic heterocycles. The molecule has 0 saturated heterocycles. The molecule has 0 rings (SSSR count). The lowest BCUT2D eigenvalue weighted by molar-refractivity contribution is -0.128. The molecule has 0 aliphatic carbocycles. The molecule has 1 unspecified atom stereocenters. The number of rotatable bonds is 5. The van der Waals surface area contributed by atoms with Gasteiger partial charge in [-0.05, 0) is 27.2 Å². The van der Waals surface area contributed by atoms with Crippen LogP contribution in [0.2, 0.25) is 0 Å². The summed E-state index contributed by atoms with van der Waals surface area (Å²) in [6.07, 6.45) is 1.03. The van der Waals surface area contributed by atoms with Gasteiger partial charge in [-0.15, -0.1) is 0 Å². The van der Waals surface area contributed by atoms with E-state index in [2.05, 4.69) is 34.8 Å². The molecule has 3 N–H and O–H groups in total. The smallest absolute Gasteiger partial charge is 0.227 e. The number of carbonyl (C=O) groups excluding carboxylic acids is 1. The van der Waals surface area contributed by atoms with Crippen LogP contribution < -0.4 is 16.0 Å². The van der Waals surface area contributed by atoms with Crippen molar-refractivity contribution in [2.75, 3.05) is 20.6 Å². The zero-order valence-corrected chi connectivity index (χ0v) is 11.8. The Morgan fingerprint density at radius 3 is 2.41 bits per heavy atom. The molecule has 0 aliphatic rings. The summed E-state index contributed by atoms with van der Waals surface area (Å²) in [5.41, 5.74) is -0.457. The third kappa shape index (κ3) is 5.56. The summed E-state index contributed by atoms with van der Waals surface area (Å²) in [5.74, 6) is 0.750. The lowest BCUT2D eigenvalue weighted by Crippen LogP contribution is -2.48. The average Bonchev–Trinajstić information content (AvgIpc) is 2.32. The standard InChI is InChI=1S/C12H26N4O/c1-7-9(2)16-11(14-6)15-8-12(3,4)10(17)13-5/h9H,7-8H2,1-6H3,(H,13,17)(H2,14,15,16). The topological polar surface area (TPSA) is 65.5 Å². The van der Waals surface area contributed by atoms with E-state index in [4.69, 9.17) is 0 Å². The Hall–Kier alpha value is -1.26. The van der Waals surface area contributed by atoms with Crippen molar-refractivity contribution in [2.45, 2.75) is 40.2 Å². The molecule has 0 fully saturated rings. The van der Waals surface area contributed by atoms with Gasteiger partial charge in [-0.2, -0.15) is 0 Å². The van der Waals surface area contributed by atoms with Crippen molar-refractivity contribution in [3.05, 3.63) is 0 Å². The van der Waals surface area contributed by atoms with E-state index in [-0.39, 0.29) is 5.91 Å². The van der Waals surface area contributed by atoms with Gasteiger partial charge >= 0.3 is 0 Å². The molecule has 0 spiro atoms. The van der Waals surface area contributed by atoms with Gasteiger partial charge in [0.15, 0.2) is 5.96 Å². The number of aliphatic imine (C=N–C) groups is 1. The van der Waals surface area contributed by atoms with Gasteiger partial charge in [-0.3, -0.25) is 9.79 Å². The predicted molar refractivity (Wildman–Crippen MR) is 72.1 cm³/mol. The van der Waals surface area contributed by atoms with E-state index >= 15 is 0 Å². The highest BCUT2D eigenvalue weighted by atomic mass is 16.2. The molecule has 0 aromatic carbocycles. The van der Waals surface area contributed by atoms with Crippen LogP contribution in [-0.2, 0) is 4.79 Å². The third-order valence-electron chi connectivity index (χ3n) is 2.76. The molecule has 100 valence electrons. The summed E-state index contributed by atoms with van der Waals surface area (Å²) >= 11 is 0. The third-order valence-corrected chi connectivity index (χ3v) is 2.76. The highest BCUT2D eigenvalue weighted by Crippen LogP contribution is 2.12. The zero-order valence-electron chi connectivity index (χ0n) is 11.8. The molecule has 0 saturated carbocycles. The molecule has 5 heteroatoms. The van der Waals surface area contributed by atoms with Crippen molar-refractivity contribution in [3.8, 4) is 0 Å². The maximum atomic E-state index is 11.6. The van der Waals surface area contributed by atoms with Crippen LogP contribution in [0.1, 0.15) is 34.1 Å². The SMILES string of the molecule is CCC(C)NC(=NC)NCC(C)(C)C(=O)NC. The highest BCUT2D eigenvalue weighted by Gasteiger charge is 2.26. The van der Waals surface area contributed by atoms with E-state index in [0.29, 0.717) is 12.6 Å². The minimum absolute atomic E-state index is 0.0176.